The molecule has 4 heteroatoms. The van der Waals surface area contributed by atoms with E-state index < -0.39 is 0 Å². The Labute approximate surface area is 98.5 Å². The molecule has 0 aromatic rings. The van der Waals surface area contributed by atoms with Crippen LogP contribution < -0.4 is 5.73 Å². The Kier molecular flexibility index (Phi) is 4.04. The largest absolute Gasteiger partial charge is 0.370 e. The number of piperidine rings is 1. The second-order valence-corrected chi connectivity index (χ2v) is 4.82. The molecule has 0 bridgehead atoms. The number of likely N-dealkylation sites (tertiary alicyclic amines) is 2. The number of rotatable bonds is 2. The Hall–Kier alpha value is -0.770. The highest BCUT2D eigenvalue weighted by Gasteiger charge is 2.29. The van der Waals surface area contributed by atoms with Gasteiger partial charge in [-0.15, -0.1) is 0 Å². The minimum absolute atomic E-state index is 0.714. The molecule has 2 heterocycles. The first kappa shape index (κ1) is 11.7. The normalized spacial score (nSPS) is 28.7. The average Bonchev–Trinajstić information content (AvgIpc) is 2.80. The molecule has 4 nitrogen and oxygen atoms in total. The molecule has 2 aliphatic rings. The highest BCUT2D eigenvalue weighted by molar-refractivity contribution is 5.78. The molecule has 2 fully saturated rings. The van der Waals surface area contributed by atoms with Crippen molar-refractivity contribution < 1.29 is 0 Å². The number of guanidine groups is 1. The number of aliphatic imine (C=N–C) groups is 1. The minimum atomic E-state index is 0.714. The quantitative estimate of drug-likeness (QED) is 0.559. The molecule has 2 rings (SSSR count). The Balaban J connectivity index is 1.84. The molecule has 2 aliphatic heterocycles. The first-order chi connectivity index (χ1) is 7.81. The van der Waals surface area contributed by atoms with E-state index in [2.05, 4.69) is 14.8 Å². The molecular weight excluding hydrogens is 200 g/mol. The summed E-state index contributed by atoms with van der Waals surface area (Å²) in [6.07, 6.45) is 5.40. The van der Waals surface area contributed by atoms with Gasteiger partial charge in [0.25, 0.3) is 0 Å². The molecule has 0 saturated carbocycles. The summed E-state index contributed by atoms with van der Waals surface area (Å²) in [5.41, 5.74) is 5.94. The number of nitrogens with two attached hydrogens (primary N) is 1. The predicted molar refractivity (Wildman–Crippen MR) is 67.6 cm³/mol. The van der Waals surface area contributed by atoms with Gasteiger partial charge in [0, 0.05) is 25.7 Å². The van der Waals surface area contributed by atoms with Crippen molar-refractivity contribution in [3.05, 3.63) is 0 Å². The van der Waals surface area contributed by atoms with E-state index in [1.165, 1.54) is 38.8 Å². The van der Waals surface area contributed by atoms with Gasteiger partial charge in [0.05, 0.1) is 0 Å². The fourth-order valence-corrected chi connectivity index (χ4v) is 2.79. The van der Waals surface area contributed by atoms with E-state index in [9.17, 15) is 0 Å². The van der Waals surface area contributed by atoms with Gasteiger partial charge in [0.1, 0.15) is 0 Å². The lowest BCUT2D eigenvalue weighted by atomic mass is 10.1. The molecule has 0 aromatic carbocycles. The summed E-state index contributed by atoms with van der Waals surface area (Å²) in [6.45, 7) is 7.54. The first-order valence-electron chi connectivity index (χ1n) is 6.60. The third kappa shape index (κ3) is 2.67. The molecule has 0 spiro atoms. The van der Waals surface area contributed by atoms with Crippen LogP contribution in [0.5, 0.6) is 0 Å². The van der Waals surface area contributed by atoms with Crippen LogP contribution in [0.4, 0.5) is 0 Å². The lowest BCUT2D eigenvalue weighted by Crippen LogP contribution is -2.43. The van der Waals surface area contributed by atoms with E-state index in [1.54, 1.807) is 0 Å². The van der Waals surface area contributed by atoms with Crippen LogP contribution in [-0.4, -0.2) is 54.5 Å². The smallest absolute Gasteiger partial charge is 0.191 e. The minimum Gasteiger partial charge on any atom is -0.370 e. The van der Waals surface area contributed by atoms with Gasteiger partial charge in [-0.3, -0.25) is 9.89 Å². The molecule has 2 saturated heterocycles. The van der Waals surface area contributed by atoms with E-state index in [-0.39, 0.29) is 0 Å². The highest BCUT2D eigenvalue weighted by Crippen LogP contribution is 2.19. The van der Waals surface area contributed by atoms with E-state index >= 15 is 0 Å². The van der Waals surface area contributed by atoms with Crippen molar-refractivity contribution in [2.45, 2.75) is 38.6 Å². The summed E-state index contributed by atoms with van der Waals surface area (Å²) in [5, 5.41) is 0. The summed E-state index contributed by atoms with van der Waals surface area (Å²) >= 11 is 0. The maximum atomic E-state index is 5.94. The van der Waals surface area contributed by atoms with Crippen LogP contribution in [0.1, 0.15) is 32.6 Å². The maximum absolute atomic E-state index is 5.94. The van der Waals surface area contributed by atoms with Gasteiger partial charge >= 0.3 is 0 Å². The first-order valence-corrected chi connectivity index (χ1v) is 6.60. The van der Waals surface area contributed by atoms with Gasteiger partial charge in [-0.25, -0.2) is 0 Å². The summed E-state index contributed by atoms with van der Waals surface area (Å²) in [6, 6.07) is 0.714. The maximum Gasteiger partial charge on any atom is 0.191 e. The number of hydrogen-bond acceptors (Lipinski definition) is 2. The fourth-order valence-electron chi connectivity index (χ4n) is 2.79. The van der Waals surface area contributed by atoms with Crippen LogP contribution in [0.2, 0.25) is 0 Å². The van der Waals surface area contributed by atoms with Gasteiger partial charge in [-0.2, -0.15) is 0 Å². The molecule has 2 N–H and O–H groups in total. The van der Waals surface area contributed by atoms with Gasteiger partial charge in [-0.05, 0) is 39.3 Å². The Morgan fingerprint density at radius 1 is 1.25 bits per heavy atom. The summed E-state index contributed by atoms with van der Waals surface area (Å²) < 4.78 is 0. The molecule has 92 valence electrons. The fraction of sp³-hybridized carbons (Fsp3) is 0.917. The Morgan fingerprint density at radius 3 is 2.69 bits per heavy atom. The van der Waals surface area contributed by atoms with E-state index in [0.717, 1.165) is 25.6 Å². The van der Waals surface area contributed by atoms with Crippen molar-refractivity contribution in [2.75, 3.05) is 32.7 Å². The van der Waals surface area contributed by atoms with Gasteiger partial charge in [0.15, 0.2) is 5.96 Å². The zero-order chi connectivity index (χ0) is 11.4. The standard InChI is InChI=1S/C12H24N4/c1-2-14-12(13)16-9-6-11(10-16)15-7-4-3-5-8-15/h11H,2-10H2,1H3,(H2,13,14). The van der Waals surface area contributed by atoms with E-state index in [4.69, 9.17) is 5.73 Å². The highest BCUT2D eigenvalue weighted by atomic mass is 15.3. The predicted octanol–water partition coefficient (Wildman–Crippen LogP) is 0.881. The van der Waals surface area contributed by atoms with Crippen LogP contribution in [0.15, 0.2) is 4.99 Å². The lowest BCUT2D eigenvalue weighted by molar-refractivity contribution is 0.169. The van der Waals surface area contributed by atoms with E-state index in [0.29, 0.717) is 6.04 Å². The molecule has 1 atom stereocenters. The molecule has 1 unspecified atom stereocenters. The van der Waals surface area contributed by atoms with Crippen molar-refractivity contribution in [2.24, 2.45) is 10.7 Å². The molecule has 0 aliphatic carbocycles. The third-order valence-corrected chi connectivity index (χ3v) is 3.71. The van der Waals surface area contributed by atoms with Gasteiger partial charge < -0.3 is 10.6 Å². The topological polar surface area (TPSA) is 44.9 Å². The van der Waals surface area contributed by atoms with Crippen molar-refractivity contribution in [3.63, 3.8) is 0 Å². The third-order valence-electron chi connectivity index (χ3n) is 3.71. The van der Waals surface area contributed by atoms with Crippen LogP contribution in [0.25, 0.3) is 0 Å². The van der Waals surface area contributed by atoms with Gasteiger partial charge in [-0.1, -0.05) is 6.42 Å². The van der Waals surface area contributed by atoms with Crippen LogP contribution in [0.3, 0.4) is 0 Å². The monoisotopic (exact) mass is 224 g/mol. The Bertz CT molecular complexity index is 245. The van der Waals surface area contributed by atoms with Gasteiger partial charge in [0.2, 0.25) is 0 Å². The van der Waals surface area contributed by atoms with Crippen molar-refractivity contribution in [3.8, 4) is 0 Å². The zero-order valence-electron chi connectivity index (χ0n) is 10.4. The average molecular weight is 224 g/mol. The number of hydrogen-bond donors (Lipinski definition) is 1. The van der Waals surface area contributed by atoms with Crippen LogP contribution >= 0.6 is 0 Å². The molecular formula is C12H24N4. The molecule has 16 heavy (non-hydrogen) atoms. The van der Waals surface area contributed by atoms with E-state index in [1.807, 2.05) is 6.92 Å². The second kappa shape index (κ2) is 5.53. The van der Waals surface area contributed by atoms with Crippen molar-refractivity contribution in [1.82, 2.24) is 9.80 Å². The zero-order valence-corrected chi connectivity index (χ0v) is 10.4. The summed E-state index contributed by atoms with van der Waals surface area (Å²) in [4.78, 5) is 9.17. The Morgan fingerprint density at radius 2 is 2.00 bits per heavy atom. The number of nitrogens with zero attached hydrogens (tertiary/aromatic N) is 3. The summed E-state index contributed by atoms with van der Waals surface area (Å²) in [7, 11) is 0. The molecule has 0 amide bonds. The molecule has 0 aromatic heterocycles. The summed E-state index contributed by atoms with van der Waals surface area (Å²) in [5.74, 6) is 0.738. The van der Waals surface area contributed by atoms with Crippen molar-refractivity contribution >= 4 is 5.96 Å². The lowest BCUT2D eigenvalue weighted by Gasteiger charge is -2.32. The van der Waals surface area contributed by atoms with Crippen LogP contribution in [-0.2, 0) is 0 Å². The SMILES string of the molecule is CCN=C(N)N1CCC(N2CCCCC2)C1. The van der Waals surface area contributed by atoms with Crippen molar-refractivity contribution in [1.29, 1.82) is 0 Å². The second-order valence-electron chi connectivity index (χ2n) is 4.82. The molecule has 0 radical (unpaired) electrons. The van der Waals surface area contributed by atoms with Crippen LogP contribution in [0, 0.1) is 0 Å².